The molecule has 0 radical (unpaired) electrons. The quantitative estimate of drug-likeness (QED) is 0.459. The largest absolute Gasteiger partial charge is 0.271 e. The molecule has 1 unspecified atom stereocenters. The zero-order valence-electron chi connectivity index (χ0n) is 14.9. The van der Waals surface area contributed by atoms with Gasteiger partial charge in [-0.2, -0.15) is 0 Å². The first-order valence-electron chi connectivity index (χ1n) is 8.88. The lowest BCUT2D eigenvalue weighted by atomic mass is 9.96. The minimum Gasteiger partial charge on any atom is -0.224 e. The molecule has 3 rings (SSSR count). The van der Waals surface area contributed by atoms with Gasteiger partial charge < -0.3 is 0 Å². The Hall–Kier alpha value is -2.51. The molecule has 0 aromatic heterocycles. The molecule has 0 fully saturated rings. The van der Waals surface area contributed by atoms with Crippen LogP contribution in [0.15, 0.2) is 71.6 Å². The molecule has 134 valence electrons. The van der Waals surface area contributed by atoms with Crippen LogP contribution in [0, 0.1) is 24.8 Å². The molecule has 1 aliphatic rings. The Morgan fingerprint density at radius 3 is 2.46 bits per heavy atom. The summed E-state index contributed by atoms with van der Waals surface area (Å²) in [6.07, 6.45) is 7.40. The molecule has 0 spiro atoms. The zero-order valence-corrected chi connectivity index (χ0v) is 15.7. The Labute approximate surface area is 156 Å². The Balaban J connectivity index is 1.93. The number of benzene rings is 2. The van der Waals surface area contributed by atoms with Crippen LogP contribution < -0.4 is 0 Å². The highest BCUT2D eigenvalue weighted by molar-refractivity contribution is 7.89. The molecule has 2 aromatic carbocycles. The van der Waals surface area contributed by atoms with Gasteiger partial charge in [-0.05, 0) is 62.3 Å². The Bertz CT molecular complexity index is 920. The van der Waals surface area contributed by atoms with E-state index >= 15 is 0 Å². The number of sulfonamides is 1. The molecule has 1 atom stereocenters. The van der Waals surface area contributed by atoms with E-state index in [4.69, 9.17) is 0 Å². The first-order chi connectivity index (χ1) is 12.6. The fraction of sp³-hybridized carbons (Fsp3) is 0.273. The molecule has 3 nitrogen and oxygen atoms in total. The molecule has 2 aromatic rings. The summed E-state index contributed by atoms with van der Waals surface area (Å²) < 4.78 is 27.6. The fourth-order valence-corrected chi connectivity index (χ4v) is 4.23. The van der Waals surface area contributed by atoms with Crippen LogP contribution in [0.5, 0.6) is 0 Å². The highest BCUT2D eigenvalue weighted by Crippen LogP contribution is 2.22. The van der Waals surface area contributed by atoms with Crippen molar-refractivity contribution in [3.05, 3.63) is 77.9 Å². The smallest absolute Gasteiger partial charge is 0.224 e. The van der Waals surface area contributed by atoms with Crippen LogP contribution in [0.25, 0.3) is 0 Å². The standard InChI is InChI=1S/C22H23NO2S/c1-19-12-14-22(15-13-19)26(24,25)23(18-21-10-6-3-7-11-21)17-16-20-8-4-2-5-9-20/h2,4-6,8-10,12-15,21H,3,7,11,18H2,1H3. The van der Waals surface area contributed by atoms with Gasteiger partial charge in [-0.3, -0.25) is 0 Å². The SMILES string of the molecule is Cc1ccc(S(=O)(=O)N(C#Cc2ccccc2)CC2C=CCCC2)cc1. The normalized spacial score (nSPS) is 16.6. The van der Waals surface area contributed by atoms with Crippen LogP contribution in [0.3, 0.4) is 0 Å². The van der Waals surface area contributed by atoms with Crippen molar-refractivity contribution >= 4 is 10.0 Å². The first kappa shape index (κ1) is 18.3. The molecule has 4 heteroatoms. The van der Waals surface area contributed by atoms with Gasteiger partial charge in [0.05, 0.1) is 4.90 Å². The average Bonchev–Trinajstić information content (AvgIpc) is 2.67. The minimum atomic E-state index is -3.66. The number of nitrogens with zero attached hydrogens (tertiary/aromatic N) is 1. The molecule has 0 saturated carbocycles. The summed E-state index contributed by atoms with van der Waals surface area (Å²) in [5.41, 5.74) is 1.83. The van der Waals surface area contributed by atoms with Gasteiger partial charge in [0.1, 0.15) is 0 Å². The van der Waals surface area contributed by atoms with Gasteiger partial charge in [0, 0.05) is 18.2 Å². The van der Waals surface area contributed by atoms with E-state index in [1.807, 2.05) is 49.4 Å². The molecular weight excluding hydrogens is 342 g/mol. The lowest BCUT2D eigenvalue weighted by molar-refractivity contribution is 0.431. The van der Waals surface area contributed by atoms with Gasteiger partial charge in [-0.1, -0.05) is 48.0 Å². The Kier molecular flexibility index (Phi) is 5.80. The van der Waals surface area contributed by atoms with Crippen LogP contribution in [0.4, 0.5) is 0 Å². The second kappa shape index (κ2) is 8.25. The van der Waals surface area contributed by atoms with Gasteiger partial charge in [0.15, 0.2) is 0 Å². The van der Waals surface area contributed by atoms with Crippen molar-refractivity contribution in [2.24, 2.45) is 5.92 Å². The van der Waals surface area contributed by atoms with E-state index in [1.165, 1.54) is 4.31 Å². The van der Waals surface area contributed by atoms with Crippen molar-refractivity contribution in [1.82, 2.24) is 4.31 Å². The van der Waals surface area contributed by atoms with Crippen LogP contribution in [0.1, 0.15) is 30.4 Å². The third kappa shape index (κ3) is 4.56. The van der Waals surface area contributed by atoms with E-state index < -0.39 is 10.0 Å². The highest BCUT2D eigenvalue weighted by Gasteiger charge is 2.25. The first-order valence-corrected chi connectivity index (χ1v) is 10.3. The molecule has 0 aliphatic heterocycles. The van der Waals surface area contributed by atoms with E-state index in [9.17, 15) is 8.42 Å². The van der Waals surface area contributed by atoms with Crippen molar-refractivity contribution in [2.75, 3.05) is 6.54 Å². The van der Waals surface area contributed by atoms with E-state index in [-0.39, 0.29) is 10.8 Å². The zero-order chi connectivity index (χ0) is 18.4. The van der Waals surface area contributed by atoms with Gasteiger partial charge in [-0.15, -0.1) is 0 Å². The highest BCUT2D eigenvalue weighted by atomic mass is 32.2. The van der Waals surface area contributed by atoms with Crippen LogP contribution in [-0.4, -0.2) is 19.3 Å². The lowest BCUT2D eigenvalue weighted by Gasteiger charge is -2.24. The number of allylic oxidation sites excluding steroid dienone is 1. The molecule has 0 saturated heterocycles. The lowest BCUT2D eigenvalue weighted by Crippen LogP contribution is -2.31. The summed E-state index contributed by atoms with van der Waals surface area (Å²) in [4.78, 5) is 0.283. The van der Waals surface area contributed by atoms with Crippen molar-refractivity contribution in [3.8, 4) is 12.0 Å². The van der Waals surface area contributed by atoms with Crippen molar-refractivity contribution in [3.63, 3.8) is 0 Å². The molecule has 26 heavy (non-hydrogen) atoms. The van der Waals surface area contributed by atoms with Crippen molar-refractivity contribution < 1.29 is 8.42 Å². The number of rotatable bonds is 4. The maximum atomic E-state index is 13.1. The number of hydrogen-bond acceptors (Lipinski definition) is 2. The maximum absolute atomic E-state index is 13.1. The number of hydrogen-bond donors (Lipinski definition) is 0. The summed E-state index contributed by atoms with van der Waals surface area (Å²) in [6.45, 7) is 2.32. The van der Waals surface area contributed by atoms with Gasteiger partial charge in [0.25, 0.3) is 10.0 Å². The molecule has 0 N–H and O–H groups in total. The van der Waals surface area contributed by atoms with E-state index in [2.05, 4.69) is 24.1 Å². The topological polar surface area (TPSA) is 37.4 Å². The van der Waals surface area contributed by atoms with Gasteiger partial charge in [-0.25, -0.2) is 12.7 Å². The van der Waals surface area contributed by atoms with E-state index in [0.29, 0.717) is 6.54 Å². The molecule has 0 bridgehead atoms. The molecule has 0 heterocycles. The van der Waals surface area contributed by atoms with Gasteiger partial charge in [0.2, 0.25) is 0 Å². The summed E-state index contributed by atoms with van der Waals surface area (Å²) in [7, 11) is -3.66. The van der Waals surface area contributed by atoms with Crippen LogP contribution in [0.2, 0.25) is 0 Å². The minimum absolute atomic E-state index is 0.203. The second-order valence-corrected chi connectivity index (χ2v) is 8.43. The van der Waals surface area contributed by atoms with Crippen LogP contribution >= 0.6 is 0 Å². The monoisotopic (exact) mass is 365 g/mol. The summed E-state index contributed by atoms with van der Waals surface area (Å²) in [5, 5.41) is 0. The predicted molar refractivity (Wildman–Crippen MR) is 105 cm³/mol. The van der Waals surface area contributed by atoms with Crippen molar-refractivity contribution in [1.29, 1.82) is 0 Å². The van der Waals surface area contributed by atoms with Crippen molar-refractivity contribution in [2.45, 2.75) is 31.1 Å². The van der Waals surface area contributed by atoms with E-state index in [1.54, 1.807) is 12.1 Å². The van der Waals surface area contributed by atoms with E-state index in [0.717, 1.165) is 30.4 Å². The molecule has 0 amide bonds. The predicted octanol–water partition coefficient (Wildman–Crippen LogP) is 4.35. The molecular formula is C22H23NO2S. The molecule has 1 aliphatic carbocycles. The van der Waals surface area contributed by atoms with Gasteiger partial charge >= 0.3 is 0 Å². The second-order valence-electron chi connectivity index (χ2n) is 6.57. The Morgan fingerprint density at radius 1 is 1.08 bits per heavy atom. The summed E-state index contributed by atoms with van der Waals surface area (Å²) in [6, 6.07) is 19.3. The third-order valence-electron chi connectivity index (χ3n) is 4.46. The average molecular weight is 365 g/mol. The number of aryl methyl sites for hydroxylation is 1. The fourth-order valence-electron chi connectivity index (χ4n) is 2.94. The third-order valence-corrected chi connectivity index (χ3v) is 6.15. The summed E-state index contributed by atoms with van der Waals surface area (Å²) in [5.74, 6) is 3.20. The Morgan fingerprint density at radius 2 is 1.81 bits per heavy atom. The summed E-state index contributed by atoms with van der Waals surface area (Å²) >= 11 is 0. The van der Waals surface area contributed by atoms with Crippen LogP contribution in [-0.2, 0) is 10.0 Å². The maximum Gasteiger partial charge on any atom is 0.271 e.